The Morgan fingerprint density at radius 2 is 1.89 bits per heavy atom. The van der Waals surface area contributed by atoms with Crippen molar-refractivity contribution in [1.82, 2.24) is 0 Å². The molecule has 0 aliphatic carbocycles. The van der Waals surface area contributed by atoms with Crippen molar-refractivity contribution in [3.05, 3.63) is 23.8 Å². The van der Waals surface area contributed by atoms with Crippen molar-refractivity contribution >= 4 is 15.9 Å². The summed E-state index contributed by atoms with van der Waals surface area (Å²) in [6.07, 6.45) is -4.63. The third-order valence-electron chi connectivity index (χ3n) is 1.99. The van der Waals surface area contributed by atoms with E-state index in [9.17, 15) is 13.2 Å². The predicted molar refractivity (Wildman–Crippen MR) is 63.1 cm³/mol. The molecule has 3 nitrogen and oxygen atoms in total. The lowest BCUT2D eigenvalue weighted by molar-refractivity contribution is -0.325. The number of methoxy groups -OCH3 is 1. The molecule has 0 aliphatic rings. The Morgan fingerprint density at radius 3 is 2.44 bits per heavy atom. The second-order valence-corrected chi connectivity index (χ2v) is 3.82. The lowest BCUT2D eigenvalue weighted by Crippen LogP contribution is -2.18. The van der Waals surface area contributed by atoms with Crippen LogP contribution in [-0.4, -0.2) is 26.7 Å². The van der Waals surface area contributed by atoms with Crippen LogP contribution in [0.4, 0.5) is 13.2 Å². The minimum absolute atomic E-state index is 0.207. The summed E-state index contributed by atoms with van der Waals surface area (Å²) in [6, 6.07) is 5.21. The van der Waals surface area contributed by atoms with Crippen molar-refractivity contribution in [2.75, 3.05) is 20.3 Å². The predicted octanol–water partition coefficient (Wildman–Crippen LogP) is 3.51. The first-order valence-corrected chi connectivity index (χ1v) is 6.15. The molecule has 0 heterocycles. The highest BCUT2D eigenvalue weighted by molar-refractivity contribution is 9.08. The van der Waals surface area contributed by atoms with Crippen LogP contribution in [-0.2, 0) is 10.1 Å². The van der Waals surface area contributed by atoms with Gasteiger partial charge >= 0.3 is 6.36 Å². The van der Waals surface area contributed by atoms with Gasteiger partial charge in [0.2, 0.25) is 0 Å². The van der Waals surface area contributed by atoms with Crippen molar-refractivity contribution in [2.24, 2.45) is 0 Å². The molecule has 0 aliphatic heterocycles. The maximum Gasteiger partial charge on any atom is 0.522 e. The van der Waals surface area contributed by atoms with E-state index in [1.807, 2.05) is 6.07 Å². The van der Waals surface area contributed by atoms with Gasteiger partial charge in [0.1, 0.15) is 6.61 Å². The van der Waals surface area contributed by atoms with Gasteiger partial charge in [0, 0.05) is 5.33 Å². The molecule has 7 heteroatoms. The molecule has 0 bridgehead atoms. The minimum Gasteiger partial charge on any atom is -0.493 e. The Hall–Kier alpha value is -0.950. The standard InChI is InChI=1S/C11H12BrF3O3/c1-16-9-3-2-8(7-12)6-10(9)17-4-5-18-11(13,14)15/h2-3,6H,4-5,7H2,1H3. The van der Waals surface area contributed by atoms with Crippen molar-refractivity contribution in [2.45, 2.75) is 11.7 Å². The van der Waals surface area contributed by atoms with E-state index in [-0.39, 0.29) is 6.61 Å². The van der Waals surface area contributed by atoms with Crippen molar-refractivity contribution in [1.29, 1.82) is 0 Å². The van der Waals surface area contributed by atoms with Crippen LogP contribution in [0.2, 0.25) is 0 Å². The van der Waals surface area contributed by atoms with Crippen LogP contribution in [0.1, 0.15) is 5.56 Å². The number of hydrogen-bond acceptors (Lipinski definition) is 3. The number of rotatable bonds is 6. The molecular weight excluding hydrogens is 317 g/mol. The molecule has 1 aromatic carbocycles. The fourth-order valence-electron chi connectivity index (χ4n) is 1.23. The third-order valence-corrected chi connectivity index (χ3v) is 2.64. The van der Waals surface area contributed by atoms with Crippen molar-refractivity contribution in [3.63, 3.8) is 0 Å². The molecule has 0 unspecified atom stereocenters. The Bertz CT molecular complexity index is 382. The summed E-state index contributed by atoms with van der Waals surface area (Å²) in [4.78, 5) is 0. The maximum atomic E-state index is 11.7. The highest BCUT2D eigenvalue weighted by Gasteiger charge is 2.28. The molecule has 0 N–H and O–H groups in total. The Kier molecular flexibility index (Phi) is 5.74. The van der Waals surface area contributed by atoms with Gasteiger partial charge in [-0.05, 0) is 17.7 Å². The van der Waals surface area contributed by atoms with Gasteiger partial charge in [-0.1, -0.05) is 22.0 Å². The summed E-state index contributed by atoms with van der Waals surface area (Å²) < 4.78 is 49.1. The molecule has 1 rings (SSSR count). The molecule has 0 fully saturated rings. The molecule has 1 aromatic rings. The second-order valence-electron chi connectivity index (χ2n) is 3.26. The molecule has 0 spiro atoms. The van der Waals surface area contributed by atoms with E-state index in [1.54, 1.807) is 12.1 Å². The van der Waals surface area contributed by atoms with Gasteiger partial charge in [-0.2, -0.15) is 0 Å². The van der Waals surface area contributed by atoms with E-state index < -0.39 is 13.0 Å². The van der Waals surface area contributed by atoms with E-state index in [4.69, 9.17) is 9.47 Å². The van der Waals surface area contributed by atoms with Crippen LogP contribution in [0, 0.1) is 0 Å². The topological polar surface area (TPSA) is 27.7 Å². The average molecular weight is 329 g/mol. The average Bonchev–Trinajstić information content (AvgIpc) is 2.33. The first kappa shape index (κ1) is 15.1. The van der Waals surface area contributed by atoms with Gasteiger partial charge in [-0.3, -0.25) is 4.74 Å². The largest absolute Gasteiger partial charge is 0.522 e. The fourth-order valence-corrected chi connectivity index (χ4v) is 1.57. The normalized spacial score (nSPS) is 11.4. The van der Waals surface area contributed by atoms with Gasteiger partial charge < -0.3 is 9.47 Å². The summed E-state index contributed by atoms with van der Waals surface area (Å²) in [5.41, 5.74) is 0.933. The van der Waals surface area contributed by atoms with Crippen LogP contribution in [0.5, 0.6) is 11.5 Å². The van der Waals surface area contributed by atoms with E-state index in [2.05, 4.69) is 20.7 Å². The summed E-state index contributed by atoms with van der Waals surface area (Å²) in [7, 11) is 1.46. The molecule has 0 aromatic heterocycles. The number of ether oxygens (including phenoxy) is 3. The lowest BCUT2D eigenvalue weighted by Gasteiger charge is -2.12. The van der Waals surface area contributed by atoms with Crippen LogP contribution in [0.15, 0.2) is 18.2 Å². The summed E-state index contributed by atoms with van der Waals surface area (Å²) in [5, 5.41) is 0.617. The zero-order valence-electron chi connectivity index (χ0n) is 9.59. The molecule has 102 valence electrons. The quantitative estimate of drug-likeness (QED) is 0.591. The minimum atomic E-state index is -4.63. The summed E-state index contributed by atoms with van der Waals surface area (Å²) in [6.45, 7) is -0.771. The third kappa shape index (κ3) is 5.14. The molecule has 18 heavy (non-hydrogen) atoms. The molecule has 0 saturated carbocycles. The van der Waals surface area contributed by atoms with Crippen LogP contribution >= 0.6 is 15.9 Å². The van der Waals surface area contributed by atoms with Gasteiger partial charge in [0.15, 0.2) is 11.5 Å². The lowest BCUT2D eigenvalue weighted by atomic mass is 10.2. The van der Waals surface area contributed by atoms with Crippen LogP contribution in [0.25, 0.3) is 0 Å². The highest BCUT2D eigenvalue weighted by atomic mass is 79.9. The Balaban J connectivity index is 2.54. The SMILES string of the molecule is COc1ccc(CBr)cc1OCCOC(F)(F)F. The van der Waals surface area contributed by atoms with E-state index >= 15 is 0 Å². The van der Waals surface area contributed by atoms with E-state index in [0.717, 1.165) is 5.56 Å². The zero-order valence-corrected chi connectivity index (χ0v) is 11.2. The monoisotopic (exact) mass is 328 g/mol. The van der Waals surface area contributed by atoms with E-state index in [0.29, 0.717) is 16.8 Å². The highest BCUT2D eigenvalue weighted by Crippen LogP contribution is 2.29. The number of hydrogen-bond donors (Lipinski definition) is 0. The summed E-state index contributed by atoms with van der Waals surface area (Å²) >= 11 is 3.28. The first-order chi connectivity index (χ1) is 8.46. The van der Waals surface area contributed by atoms with Crippen molar-refractivity contribution < 1.29 is 27.4 Å². The first-order valence-electron chi connectivity index (χ1n) is 5.02. The summed E-state index contributed by atoms with van der Waals surface area (Å²) in [5.74, 6) is 0.854. The van der Waals surface area contributed by atoms with E-state index in [1.165, 1.54) is 7.11 Å². The van der Waals surface area contributed by atoms with Gasteiger partial charge in [-0.15, -0.1) is 13.2 Å². The Morgan fingerprint density at radius 1 is 1.17 bits per heavy atom. The molecular formula is C11H12BrF3O3. The van der Waals surface area contributed by atoms with Gasteiger partial charge in [0.05, 0.1) is 13.7 Å². The second kappa shape index (κ2) is 6.84. The van der Waals surface area contributed by atoms with Gasteiger partial charge in [-0.25, -0.2) is 0 Å². The fraction of sp³-hybridized carbons (Fsp3) is 0.455. The molecule has 0 saturated heterocycles. The number of alkyl halides is 4. The smallest absolute Gasteiger partial charge is 0.493 e. The molecule has 0 amide bonds. The Labute approximate surface area is 111 Å². The van der Waals surface area contributed by atoms with Crippen LogP contribution < -0.4 is 9.47 Å². The number of benzene rings is 1. The van der Waals surface area contributed by atoms with Crippen molar-refractivity contribution in [3.8, 4) is 11.5 Å². The van der Waals surface area contributed by atoms with Gasteiger partial charge in [0.25, 0.3) is 0 Å². The molecule has 0 radical (unpaired) electrons. The number of halogens is 4. The van der Waals surface area contributed by atoms with Crippen LogP contribution in [0.3, 0.4) is 0 Å². The molecule has 0 atom stereocenters. The maximum absolute atomic E-state index is 11.7. The zero-order chi connectivity index (χ0) is 13.6.